The van der Waals surface area contributed by atoms with Gasteiger partial charge in [-0.25, -0.2) is 13.2 Å². The van der Waals surface area contributed by atoms with Crippen LogP contribution in [0.4, 0.5) is 13.2 Å². The highest BCUT2D eigenvalue weighted by atomic mass is 19.2. The third-order valence-corrected chi connectivity index (χ3v) is 4.36. The fourth-order valence-electron chi connectivity index (χ4n) is 3.27. The largest absolute Gasteiger partial charge is 0.366 e. The zero-order valence-corrected chi connectivity index (χ0v) is 13.4. The Balaban J connectivity index is 2.00. The maximum atomic E-state index is 13.6. The quantitative estimate of drug-likeness (QED) is 0.553. The summed E-state index contributed by atoms with van der Waals surface area (Å²) >= 11 is 0. The molecule has 0 fully saturated rings. The Kier molecular flexibility index (Phi) is 3.68. The minimum Gasteiger partial charge on any atom is -0.366 e. The first kappa shape index (κ1) is 16.2. The molecule has 0 aliphatic heterocycles. The summed E-state index contributed by atoms with van der Waals surface area (Å²) in [6, 6.07) is 15.4. The second kappa shape index (κ2) is 5.91. The SMILES string of the molecule is NC(=O)c1cccc2c1c1[c]cccc1n2Cc1cc(F)c(F)c(F)c1. The van der Waals surface area contributed by atoms with E-state index in [0.29, 0.717) is 21.9 Å². The van der Waals surface area contributed by atoms with Crippen LogP contribution in [0.15, 0.2) is 48.5 Å². The molecular weight excluding hydrogens is 341 g/mol. The first-order chi connectivity index (χ1) is 12.5. The van der Waals surface area contributed by atoms with Gasteiger partial charge in [0.2, 0.25) is 5.91 Å². The van der Waals surface area contributed by atoms with Gasteiger partial charge in [-0.2, -0.15) is 0 Å². The van der Waals surface area contributed by atoms with Gasteiger partial charge in [0.05, 0.1) is 11.0 Å². The number of nitrogens with two attached hydrogens (primary N) is 1. The van der Waals surface area contributed by atoms with Crippen LogP contribution in [0.25, 0.3) is 21.8 Å². The van der Waals surface area contributed by atoms with Gasteiger partial charge in [0, 0.05) is 22.9 Å². The number of halogens is 3. The lowest BCUT2D eigenvalue weighted by atomic mass is 10.1. The standard InChI is InChI=1S/C20H12F3N2O/c21-14-8-11(9-15(22)19(14)23)10-25-16-6-2-1-4-12(16)18-13(20(24)26)5-3-7-17(18)25/h1-3,5-9H,10H2,(H2,24,26). The van der Waals surface area contributed by atoms with Gasteiger partial charge in [0.1, 0.15) is 0 Å². The topological polar surface area (TPSA) is 48.0 Å². The summed E-state index contributed by atoms with van der Waals surface area (Å²) in [6.07, 6.45) is 0. The maximum absolute atomic E-state index is 13.6. The van der Waals surface area contributed by atoms with Crippen LogP contribution >= 0.6 is 0 Å². The molecule has 0 spiro atoms. The summed E-state index contributed by atoms with van der Waals surface area (Å²) in [5.41, 5.74) is 7.48. The Morgan fingerprint density at radius 2 is 1.73 bits per heavy atom. The summed E-state index contributed by atoms with van der Waals surface area (Å²) < 4.78 is 42.2. The van der Waals surface area contributed by atoms with Crippen LogP contribution in [0.5, 0.6) is 0 Å². The molecule has 0 aliphatic rings. The smallest absolute Gasteiger partial charge is 0.249 e. The molecule has 0 unspecified atom stereocenters. The van der Waals surface area contributed by atoms with Gasteiger partial charge >= 0.3 is 0 Å². The molecule has 3 aromatic carbocycles. The third-order valence-electron chi connectivity index (χ3n) is 4.36. The van der Waals surface area contributed by atoms with E-state index in [2.05, 4.69) is 6.07 Å². The van der Waals surface area contributed by atoms with Crippen LogP contribution in [0.3, 0.4) is 0 Å². The molecule has 2 N–H and O–H groups in total. The van der Waals surface area contributed by atoms with Crippen molar-refractivity contribution in [1.82, 2.24) is 4.57 Å². The minimum absolute atomic E-state index is 0.0915. The Labute approximate surface area is 146 Å². The van der Waals surface area contributed by atoms with Crippen molar-refractivity contribution in [2.24, 2.45) is 5.73 Å². The molecule has 1 amide bonds. The molecule has 4 aromatic rings. The highest BCUT2D eigenvalue weighted by Gasteiger charge is 2.17. The summed E-state index contributed by atoms with van der Waals surface area (Å²) in [4.78, 5) is 11.8. The molecule has 0 bridgehead atoms. The second-order valence-electron chi connectivity index (χ2n) is 5.95. The molecule has 0 saturated heterocycles. The number of nitrogens with zero attached hydrogens (tertiary/aromatic N) is 1. The average Bonchev–Trinajstić information content (AvgIpc) is 2.94. The van der Waals surface area contributed by atoms with Crippen LogP contribution in [0.2, 0.25) is 0 Å². The van der Waals surface area contributed by atoms with Gasteiger partial charge in [0.15, 0.2) is 17.5 Å². The number of hydrogen-bond donors (Lipinski definition) is 1. The van der Waals surface area contributed by atoms with Crippen LogP contribution in [-0.4, -0.2) is 10.5 Å². The molecule has 0 saturated carbocycles. The molecule has 6 heteroatoms. The maximum Gasteiger partial charge on any atom is 0.249 e. The number of aromatic nitrogens is 1. The van der Waals surface area contributed by atoms with Gasteiger partial charge in [-0.3, -0.25) is 4.79 Å². The van der Waals surface area contributed by atoms with Crippen molar-refractivity contribution in [3.05, 3.63) is 83.2 Å². The number of carbonyl (C=O) groups excluding carboxylic acids is 1. The molecule has 129 valence electrons. The highest BCUT2D eigenvalue weighted by Crippen LogP contribution is 2.32. The number of amides is 1. The normalized spacial score (nSPS) is 11.3. The molecule has 3 nitrogen and oxygen atoms in total. The number of rotatable bonds is 3. The van der Waals surface area contributed by atoms with Crippen molar-refractivity contribution in [3.63, 3.8) is 0 Å². The van der Waals surface area contributed by atoms with Crippen molar-refractivity contribution in [1.29, 1.82) is 0 Å². The lowest BCUT2D eigenvalue weighted by molar-refractivity contribution is 0.100. The number of fused-ring (bicyclic) bond motifs is 3. The van der Waals surface area contributed by atoms with E-state index in [1.807, 2.05) is 6.07 Å². The predicted octanol–water partition coefficient (Wildman–Crippen LogP) is 4.16. The van der Waals surface area contributed by atoms with E-state index in [4.69, 9.17) is 5.73 Å². The van der Waals surface area contributed by atoms with Crippen LogP contribution in [0.1, 0.15) is 15.9 Å². The molecule has 4 rings (SSSR count). The van der Waals surface area contributed by atoms with Crippen molar-refractivity contribution in [2.75, 3.05) is 0 Å². The minimum atomic E-state index is -1.50. The Morgan fingerprint density at radius 3 is 2.42 bits per heavy atom. The predicted molar refractivity (Wildman–Crippen MR) is 92.2 cm³/mol. The average molecular weight is 353 g/mol. The zero-order chi connectivity index (χ0) is 18.4. The number of hydrogen-bond acceptors (Lipinski definition) is 1. The van der Waals surface area contributed by atoms with Gasteiger partial charge in [-0.05, 0) is 42.0 Å². The molecule has 26 heavy (non-hydrogen) atoms. The van der Waals surface area contributed by atoms with E-state index >= 15 is 0 Å². The van der Waals surface area contributed by atoms with Crippen LogP contribution < -0.4 is 5.73 Å². The fourth-order valence-corrected chi connectivity index (χ4v) is 3.27. The van der Waals surface area contributed by atoms with E-state index in [1.165, 1.54) is 0 Å². The third kappa shape index (κ3) is 2.42. The summed E-state index contributed by atoms with van der Waals surface area (Å²) in [6.45, 7) is 0.0915. The fraction of sp³-hybridized carbons (Fsp3) is 0.0500. The lowest BCUT2D eigenvalue weighted by Crippen LogP contribution is -2.11. The number of primary amides is 1. The van der Waals surface area contributed by atoms with E-state index < -0.39 is 23.4 Å². The first-order valence-electron chi connectivity index (χ1n) is 7.82. The van der Waals surface area contributed by atoms with Crippen LogP contribution in [-0.2, 0) is 6.54 Å². The van der Waals surface area contributed by atoms with Crippen LogP contribution in [0, 0.1) is 23.5 Å². The van der Waals surface area contributed by atoms with E-state index in [0.717, 1.165) is 17.6 Å². The lowest BCUT2D eigenvalue weighted by Gasteiger charge is -2.09. The molecule has 1 aromatic heterocycles. The first-order valence-corrected chi connectivity index (χ1v) is 7.82. The van der Waals surface area contributed by atoms with E-state index in [9.17, 15) is 18.0 Å². The molecule has 1 radical (unpaired) electrons. The number of benzene rings is 3. The van der Waals surface area contributed by atoms with Crippen molar-refractivity contribution in [2.45, 2.75) is 6.54 Å². The summed E-state index contributed by atoms with van der Waals surface area (Å²) in [5.74, 6) is -4.57. The Hall–Kier alpha value is -3.28. The zero-order valence-electron chi connectivity index (χ0n) is 13.4. The van der Waals surface area contributed by atoms with Gasteiger partial charge in [-0.15, -0.1) is 0 Å². The van der Waals surface area contributed by atoms with Crippen molar-refractivity contribution >= 4 is 27.7 Å². The van der Waals surface area contributed by atoms with Gasteiger partial charge < -0.3 is 10.3 Å². The van der Waals surface area contributed by atoms with Gasteiger partial charge in [0.25, 0.3) is 0 Å². The molecule has 0 aliphatic carbocycles. The monoisotopic (exact) mass is 353 g/mol. The highest BCUT2D eigenvalue weighted by molar-refractivity contribution is 6.17. The summed E-state index contributed by atoms with van der Waals surface area (Å²) in [7, 11) is 0. The second-order valence-corrected chi connectivity index (χ2v) is 5.95. The molecule has 0 atom stereocenters. The molecule has 1 heterocycles. The Bertz CT molecular complexity index is 1160. The molecular formula is C20H12F3N2O. The van der Waals surface area contributed by atoms with E-state index in [1.54, 1.807) is 34.9 Å². The van der Waals surface area contributed by atoms with E-state index in [-0.39, 0.29) is 12.1 Å². The summed E-state index contributed by atoms with van der Waals surface area (Å²) in [5, 5.41) is 1.30. The van der Waals surface area contributed by atoms with Gasteiger partial charge in [-0.1, -0.05) is 18.2 Å². The van der Waals surface area contributed by atoms with Crippen molar-refractivity contribution < 1.29 is 18.0 Å². The van der Waals surface area contributed by atoms with Crippen molar-refractivity contribution in [3.8, 4) is 0 Å². The Morgan fingerprint density at radius 1 is 1.04 bits per heavy atom. The number of carbonyl (C=O) groups is 1.